The molecule has 0 aromatic carbocycles. The van der Waals surface area contributed by atoms with Gasteiger partial charge in [0.05, 0.1) is 11.2 Å². The van der Waals surface area contributed by atoms with Crippen LogP contribution in [0.5, 0.6) is 0 Å². The van der Waals surface area contributed by atoms with Crippen LogP contribution >= 0.6 is 23.1 Å². The second-order valence-electron chi connectivity index (χ2n) is 3.27. The van der Waals surface area contributed by atoms with E-state index in [4.69, 9.17) is 5.73 Å². The lowest BCUT2D eigenvalue weighted by Gasteiger charge is -2.07. The Hall–Kier alpha value is -1.15. The third-order valence-corrected chi connectivity index (χ3v) is 3.78. The monoisotopic (exact) mass is 274 g/mol. The Labute approximate surface area is 107 Å². The molecule has 0 spiro atoms. The average molecular weight is 274 g/mol. The SMILES string of the molecule is CN=C(N)C(CCSCc1cscn1)[N+](=O)[O-]. The number of hydrogen-bond donors (Lipinski definition) is 1. The van der Waals surface area contributed by atoms with Crippen LogP contribution in [0.25, 0.3) is 0 Å². The first-order chi connectivity index (χ1) is 8.15. The number of aliphatic imine (C=N–C) groups is 1. The van der Waals surface area contributed by atoms with Gasteiger partial charge in [-0.3, -0.25) is 15.1 Å². The third kappa shape index (κ3) is 4.70. The predicted octanol–water partition coefficient (Wildman–Crippen LogP) is 1.40. The molecule has 0 saturated heterocycles. The van der Waals surface area contributed by atoms with E-state index in [0.717, 1.165) is 11.4 Å². The Morgan fingerprint density at radius 3 is 3.12 bits per heavy atom. The van der Waals surface area contributed by atoms with E-state index in [2.05, 4.69) is 9.98 Å². The van der Waals surface area contributed by atoms with Crippen molar-refractivity contribution in [1.82, 2.24) is 4.98 Å². The molecule has 0 aliphatic rings. The quantitative estimate of drug-likeness (QED) is 0.266. The first-order valence-electron chi connectivity index (χ1n) is 4.95. The van der Waals surface area contributed by atoms with Crippen LogP contribution in [0.2, 0.25) is 0 Å². The molecule has 0 fully saturated rings. The largest absolute Gasteiger partial charge is 0.382 e. The molecule has 1 heterocycles. The topological polar surface area (TPSA) is 94.4 Å². The Balaban J connectivity index is 2.30. The van der Waals surface area contributed by atoms with Gasteiger partial charge in [-0.15, -0.1) is 11.3 Å². The molecule has 17 heavy (non-hydrogen) atoms. The summed E-state index contributed by atoms with van der Waals surface area (Å²) >= 11 is 3.16. The maximum absolute atomic E-state index is 10.7. The van der Waals surface area contributed by atoms with Crippen molar-refractivity contribution in [1.29, 1.82) is 0 Å². The minimum absolute atomic E-state index is 0.0873. The molecular weight excluding hydrogens is 260 g/mol. The number of aromatic nitrogens is 1. The van der Waals surface area contributed by atoms with Crippen LogP contribution in [0.1, 0.15) is 12.1 Å². The van der Waals surface area contributed by atoms with Gasteiger partial charge in [0.25, 0.3) is 6.04 Å². The molecule has 0 aliphatic heterocycles. The first-order valence-corrected chi connectivity index (χ1v) is 7.05. The number of nitrogens with two attached hydrogens (primary N) is 1. The fourth-order valence-corrected chi connectivity index (χ4v) is 2.76. The lowest BCUT2D eigenvalue weighted by molar-refractivity contribution is -0.503. The van der Waals surface area contributed by atoms with Crippen LogP contribution in [0.3, 0.4) is 0 Å². The maximum atomic E-state index is 10.7. The molecule has 2 N–H and O–H groups in total. The maximum Gasteiger partial charge on any atom is 0.269 e. The highest BCUT2D eigenvalue weighted by molar-refractivity contribution is 7.98. The van der Waals surface area contributed by atoms with Crippen LogP contribution in [0.15, 0.2) is 15.9 Å². The standard InChI is InChI=1S/C9H14N4O2S2/c1-11-9(10)8(13(14)15)2-3-16-4-7-5-17-6-12-7/h5-6,8H,2-4H2,1H3,(H2,10,11). The number of nitro groups is 1. The summed E-state index contributed by atoms with van der Waals surface area (Å²) in [5.41, 5.74) is 8.27. The average Bonchev–Trinajstić information content (AvgIpc) is 2.80. The smallest absolute Gasteiger partial charge is 0.269 e. The van der Waals surface area contributed by atoms with E-state index in [1.54, 1.807) is 28.6 Å². The molecule has 1 rings (SSSR count). The van der Waals surface area contributed by atoms with Gasteiger partial charge >= 0.3 is 0 Å². The molecule has 0 bridgehead atoms. The highest BCUT2D eigenvalue weighted by Crippen LogP contribution is 2.14. The van der Waals surface area contributed by atoms with E-state index in [1.165, 1.54) is 7.05 Å². The normalized spacial score (nSPS) is 13.6. The van der Waals surface area contributed by atoms with Crippen molar-refractivity contribution < 1.29 is 4.92 Å². The van der Waals surface area contributed by atoms with E-state index in [0.29, 0.717) is 12.2 Å². The second kappa shape index (κ2) is 7.23. The number of thiazole rings is 1. The second-order valence-corrected chi connectivity index (χ2v) is 5.09. The predicted molar refractivity (Wildman–Crippen MR) is 71.2 cm³/mol. The van der Waals surface area contributed by atoms with Crippen LogP contribution in [0.4, 0.5) is 0 Å². The van der Waals surface area contributed by atoms with Gasteiger partial charge in [-0.2, -0.15) is 11.8 Å². The minimum atomic E-state index is -0.872. The van der Waals surface area contributed by atoms with E-state index >= 15 is 0 Å². The Bertz CT molecular complexity index is 380. The lowest BCUT2D eigenvalue weighted by Crippen LogP contribution is -2.36. The van der Waals surface area contributed by atoms with Crippen molar-refractivity contribution in [3.63, 3.8) is 0 Å². The number of thioether (sulfide) groups is 1. The Kier molecular flexibility index (Phi) is 5.92. The Morgan fingerprint density at radius 2 is 2.59 bits per heavy atom. The highest BCUT2D eigenvalue weighted by Gasteiger charge is 2.23. The van der Waals surface area contributed by atoms with Gasteiger partial charge in [0.1, 0.15) is 0 Å². The van der Waals surface area contributed by atoms with Gasteiger partial charge in [-0.05, 0) is 0 Å². The molecule has 1 aromatic heterocycles. The number of rotatable bonds is 7. The van der Waals surface area contributed by atoms with Crippen molar-refractivity contribution in [2.45, 2.75) is 18.2 Å². The van der Waals surface area contributed by atoms with E-state index in [-0.39, 0.29) is 10.8 Å². The van der Waals surface area contributed by atoms with Crippen LogP contribution in [-0.4, -0.2) is 34.6 Å². The van der Waals surface area contributed by atoms with Crippen LogP contribution < -0.4 is 5.73 Å². The number of hydrogen-bond acceptors (Lipinski definition) is 6. The zero-order valence-electron chi connectivity index (χ0n) is 9.41. The fraction of sp³-hybridized carbons (Fsp3) is 0.556. The lowest BCUT2D eigenvalue weighted by atomic mass is 10.2. The fourth-order valence-electron chi connectivity index (χ4n) is 1.19. The van der Waals surface area contributed by atoms with Gasteiger partial charge in [-0.25, -0.2) is 4.98 Å². The van der Waals surface area contributed by atoms with Crippen molar-refractivity contribution in [2.24, 2.45) is 10.7 Å². The van der Waals surface area contributed by atoms with Gasteiger partial charge in [-0.1, -0.05) is 0 Å². The van der Waals surface area contributed by atoms with Gasteiger partial charge in [0.15, 0.2) is 5.84 Å². The molecule has 94 valence electrons. The molecule has 6 nitrogen and oxygen atoms in total. The summed E-state index contributed by atoms with van der Waals surface area (Å²) in [5.74, 6) is 1.53. The summed E-state index contributed by atoms with van der Waals surface area (Å²) in [6.07, 6.45) is 0.394. The zero-order valence-corrected chi connectivity index (χ0v) is 11.0. The van der Waals surface area contributed by atoms with Crippen molar-refractivity contribution in [3.8, 4) is 0 Å². The van der Waals surface area contributed by atoms with Gasteiger partial charge in [0, 0.05) is 35.3 Å². The molecule has 0 saturated carbocycles. The Morgan fingerprint density at radius 1 is 1.82 bits per heavy atom. The summed E-state index contributed by atoms with van der Waals surface area (Å²) in [5, 5.41) is 12.7. The van der Waals surface area contributed by atoms with Crippen LogP contribution in [0, 0.1) is 10.1 Å². The van der Waals surface area contributed by atoms with Crippen molar-refractivity contribution in [3.05, 3.63) is 26.7 Å². The highest BCUT2D eigenvalue weighted by atomic mass is 32.2. The van der Waals surface area contributed by atoms with Crippen LogP contribution in [-0.2, 0) is 5.75 Å². The minimum Gasteiger partial charge on any atom is -0.382 e. The van der Waals surface area contributed by atoms with Gasteiger partial charge in [0.2, 0.25) is 0 Å². The number of nitrogens with zero attached hydrogens (tertiary/aromatic N) is 3. The molecule has 0 amide bonds. The third-order valence-electron chi connectivity index (χ3n) is 2.12. The molecule has 8 heteroatoms. The molecule has 0 aliphatic carbocycles. The molecule has 1 unspecified atom stereocenters. The summed E-state index contributed by atoms with van der Waals surface area (Å²) in [7, 11) is 1.47. The van der Waals surface area contributed by atoms with E-state index < -0.39 is 6.04 Å². The summed E-state index contributed by atoms with van der Waals surface area (Å²) in [4.78, 5) is 18.2. The van der Waals surface area contributed by atoms with Gasteiger partial charge < -0.3 is 5.73 Å². The summed E-state index contributed by atoms with van der Waals surface area (Å²) in [6, 6.07) is -0.872. The molecule has 0 radical (unpaired) electrons. The van der Waals surface area contributed by atoms with E-state index in [9.17, 15) is 10.1 Å². The summed E-state index contributed by atoms with van der Waals surface area (Å²) < 4.78 is 0. The molecule has 1 aromatic rings. The summed E-state index contributed by atoms with van der Waals surface area (Å²) in [6.45, 7) is 0. The van der Waals surface area contributed by atoms with Crippen molar-refractivity contribution >= 4 is 28.9 Å². The zero-order chi connectivity index (χ0) is 12.7. The number of amidine groups is 1. The molecular formula is C9H14N4O2S2. The molecule has 1 atom stereocenters. The van der Waals surface area contributed by atoms with Crippen molar-refractivity contribution in [2.75, 3.05) is 12.8 Å². The first kappa shape index (κ1) is 13.9. The van der Waals surface area contributed by atoms with E-state index in [1.807, 2.05) is 5.38 Å².